The molecule has 0 aromatic heterocycles. The molecule has 1 aliphatic heterocycles. The Hall–Kier alpha value is -1.55. The van der Waals surface area contributed by atoms with Crippen LogP contribution in [0.4, 0.5) is 4.79 Å². The molecule has 1 unspecified atom stereocenters. The number of hydrogen-bond acceptors (Lipinski definition) is 2. The Morgan fingerprint density at radius 2 is 1.77 bits per heavy atom. The highest BCUT2D eigenvalue weighted by Crippen LogP contribution is 2.17. The summed E-state index contributed by atoms with van der Waals surface area (Å²) in [5, 5.41) is 5.97. The third-order valence-electron chi connectivity index (χ3n) is 4.40. The maximum atomic E-state index is 12.0. The molecule has 0 spiro atoms. The topological polar surface area (TPSA) is 44.4 Å². The van der Waals surface area contributed by atoms with Gasteiger partial charge in [-0.05, 0) is 37.4 Å². The summed E-state index contributed by atoms with van der Waals surface area (Å²) in [6, 6.07) is 10.3. The van der Waals surface area contributed by atoms with Crippen molar-refractivity contribution in [3.05, 3.63) is 35.9 Å². The first-order valence-electron chi connectivity index (χ1n) is 8.46. The SMILES string of the molecule is CC(C)C(CNC(=O)NCc1ccccc1)N1CCCCC1. The van der Waals surface area contributed by atoms with E-state index in [1.54, 1.807) is 0 Å². The number of urea groups is 1. The molecular weight excluding hydrogens is 274 g/mol. The summed E-state index contributed by atoms with van der Waals surface area (Å²) in [5.41, 5.74) is 1.12. The predicted octanol–water partition coefficient (Wildman–Crippen LogP) is 3.00. The number of benzene rings is 1. The average molecular weight is 303 g/mol. The van der Waals surface area contributed by atoms with Gasteiger partial charge in [0.25, 0.3) is 0 Å². The van der Waals surface area contributed by atoms with Gasteiger partial charge in [0.2, 0.25) is 0 Å². The first-order chi connectivity index (χ1) is 10.7. The van der Waals surface area contributed by atoms with Gasteiger partial charge in [-0.3, -0.25) is 4.90 Å². The predicted molar refractivity (Wildman–Crippen MR) is 90.7 cm³/mol. The van der Waals surface area contributed by atoms with Gasteiger partial charge in [-0.15, -0.1) is 0 Å². The molecule has 4 nitrogen and oxygen atoms in total. The molecule has 1 aromatic carbocycles. The highest BCUT2D eigenvalue weighted by molar-refractivity contribution is 5.73. The first kappa shape index (κ1) is 16.8. The Bertz CT molecular complexity index is 441. The number of nitrogens with zero attached hydrogens (tertiary/aromatic N) is 1. The fourth-order valence-electron chi connectivity index (χ4n) is 3.07. The van der Waals surface area contributed by atoms with Crippen molar-refractivity contribution >= 4 is 6.03 Å². The molecule has 1 atom stereocenters. The standard InChI is InChI=1S/C18H29N3O/c1-15(2)17(21-11-7-4-8-12-21)14-20-18(22)19-13-16-9-5-3-6-10-16/h3,5-6,9-10,15,17H,4,7-8,11-14H2,1-2H3,(H2,19,20,22). The van der Waals surface area contributed by atoms with Crippen molar-refractivity contribution in [1.82, 2.24) is 15.5 Å². The molecule has 2 rings (SSSR count). The lowest BCUT2D eigenvalue weighted by Crippen LogP contribution is -2.50. The van der Waals surface area contributed by atoms with E-state index in [9.17, 15) is 4.79 Å². The molecule has 1 heterocycles. The molecule has 1 aromatic rings. The van der Waals surface area contributed by atoms with Gasteiger partial charge in [0.05, 0.1) is 0 Å². The molecule has 4 heteroatoms. The van der Waals surface area contributed by atoms with Crippen molar-refractivity contribution in [3.63, 3.8) is 0 Å². The Balaban J connectivity index is 1.75. The van der Waals surface area contributed by atoms with E-state index in [0.29, 0.717) is 18.5 Å². The van der Waals surface area contributed by atoms with E-state index in [-0.39, 0.29) is 6.03 Å². The summed E-state index contributed by atoms with van der Waals surface area (Å²) in [4.78, 5) is 14.5. The largest absolute Gasteiger partial charge is 0.337 e. The van der Waals surface area contributed by atoms with E-state index in [1.165, 1.54) is 19.3 Å². The lowest BCUT2D eigenvalue weighted by Gasteiger charge is -2.37. The zero-order valence-electron chi connectivity index (χ0n) is 13.8. The van der Waals surface area contributed by atoms with Crippen molar-refractivity contribution in [1.29, 1.82) is 0 Å². The molecule has 2 N–H and O–H groups in total. The summed E-state index contributed by atoms with van der Waals surface area (Å²) in [6.45, 7) is 8.10. The van der Waals surface area contributed by atoms with Gasteiger partial charge >= 0.3 is 6.03 Å². The van der Waals surface area contributed by atoms with Crippen LogP contribution in [0, 0.1) is 5.92 Å². The normalized spacial score (nSPS) is 17.2. The minimum atomic E-state index is -0.0773. The fraction of sp³-hybridized carbons (Fsp3) is 0.611. The van der Waals surface area contributed by atoms with Crippen LogP contribution in [0.3, 0.4) is 0 Å². The lowest BCUT2D eigenvalue weighted by molar-refractivity contribution is 0.127. The number of piperidine rings is 1. The summed E-state index contributed by atoms with van der Waals surface area (Å²) in [7, 11) is 0. The van der Waals surface area contributed by atoms with Crippen LogP contribution in [0.1, 0.15) is 38.7 Å². The number of rotatable bonds is 6. The molecule has 1 saturated heterocycles. The maximum absolute atomic E-state index is 12.0. The zero-order chi connectivity index (χ0) is 15.8. The average Bonchev–Trinajstić information content (AvgIpc) is 2.55. The van der Waals surface area contributed by atoms with Crippen LogP contribution in [0.2, 0.25) is 0 Å². The number of likely N-dealkylation sites (tertiary alicyclic amines) is 1. The fourth-order valence-corrected chi connectivity index (χ4v) is 3.07. The zero-order valence-corrected chi connectivity index (χ0v) is 13.8. The second-order valence-corrected chi connectivity index (χ2v) is 6.46. The van der Waals surface area contributed by atoms with Crippen LogP contribution in [0.15, 0.2) is 30.3 Å². The number of carbonyl (C=O) groups is 1. The molecule has 22 heavy (non-hydrogen) atoms. The Kier molecular flexibility index (Phi) is 6.72. The second-order valence-electron chi connectivity index (χ2n) is 6.46. The van der Waals surface area contributed by atoms with Crippen molar-refractivity contribution in [2.45, 2.75) is 45.7 Å². The number of nitrogens with one attached hydrogen (secondary N) is 2. The van der Waals surface area contributed by atoms with Gasteiger partial charge in [0, 0.05) is 19.1 Å². The molecule has 2 amide bonds. The van der Waals surface area contributed by atoms with E-state index in [0.717, 1.165) is 25.2 Å². The maximum Gasteiger partial charge on any atom is 0.315 e. The Morgan fingerprint density at radius 1 is 1.09 bits per heavy atom. The number of hydrogen-bond donors (Lipinski definition) is 2. The van der Waals surface area contributed by atoms with Crippen molar-refractivity contribution in [3.8, 4) is 0 Å². The summed E-state index contributed by atoms with van der Waals surface area (Å²) in [5.74, 6) is 0.549. The van der Waals surface area contributed by atoms with E-state index < -0.39 is 0 Å². The quantitative estimate of drug-likeness (QED) is 0.848. The Labute approximate surface area is 134 Å². The van der Waals surface area contributed by atoms with Gasteiger partial charge < -0.3 is 10.6 Å². The van der Waals surface area contributed by atoms with Crippen molar-refractivity contribution in [2.24, 2.45) is 5.92 Å². The van der Waals surface area contributed by atoms with E-state index in [1.807, 2.05) is 30.3 Å². The van der Waals surface area contributed by atoms with E-state index in [2.05, 4.69) is 29.4 Å². The Morgan fingerprint density at radius 3 is 2.41 bits per heavy atom. The highest BCUT2D eigenvalue weighted by atomic mass is 16.2. The highest BCUT2D eigenvalue weighted by Gasteiger charge is 2.23. The van der Waals surface area contributed by atoms with Crippen LogP contribution in [-0.4, -0.2) is 36.6 Å². The van der Waals surface area contributed by atoms with Crippen molar-refractivity contribution in [2.75, 3.05) is 19.6 Å². The van der Waals surface area contributed by atoms with Gasteiger partial charge in [-0.1, -0.05) is 50.6 Å². The molecule has 122 valence electrons. The van der Waals surface area contributed by atoms with Gasteiger partial charge in [-0.2, -0.15) is 0 Å². The third-order valence-corrected chi connectivity index (χ3v) is 4.40. The number of carbonyl (C=O) groups excluding carboxylic acids is 1. The number of amides is 2. The van der Waals surface area contributed by atoms with Crippen LogP contribution < -0.4 is 10.6 Å². The lowest BCUT2D eigenvalue weighted by atomic mass is 9.99. The van der Waals surface area contributed by atoms with Crippen molar-refractivity contribution < 1.29 is 4.79 Å². The summed E-state index contributed by atoms with van der Waals surface area (Å²) in [6.07, 6.45) is 3.90. The first-order valence-corrected chi connectivity index (χ1v) is 8.46. The van der Waals surface area contributed by atoms with Crippen LogP contribution in [0.5, 0.6) is 0 Å². The smallest absolute Gasteiger partial charge is 0.315 e. The minimum absolute atomic E-state index is 0.0773. The molecule has 0 bridgehead atoms. The van der Waals surface area contributed by atoms with Gasteiger partial charge in [0.15, 0.2) is 0 Å². The third kappa shape index (κ3) is 5.34. The summed E-state index contributed by atoms with van der Waals surface area (Å²) >= 11 is 0. The molecular formula is C18H29N3O. The van der Waals surface area contributed by atoms with E-state index in [4.69, 9.17) is 0 Å². The molecule has 0 aliphatic carbocycles. The molecule has 0 radical (unpaired) electrons. The van der Waals surface area contributed by atoms with Crippen LogP contribution in [0.25, 0.3) is 0 Å². The molecule has 1 fully saturated rings. The van der Waals surface area contributed by atoms with Gasteiger partial charge in [-0.25, -0.2) is 4.79 Å². The second kappa shape index (κ2) is 8.79. The molecule has 0 saturated carbocycles. The molecule has 1 aliphatic rings. The monoisotopic (exact) mass is 303 g/mol. The van der Waals surface area contributed by atoms with Crippen LogP contribution >= 0.6 is 0 Å². The minimum Gasteiger partial charge on any atom is -0.337 e. The summed E-state index contributed by atoms with van der Waals surface area (Å²) < 4.78 is 0. The van der Waals surface area contributed by atoms with Crippen LogP contribution in [-0.2, 0) is 6.54 Å². The van der Waals surface area contributed by atoms with Gasteiger partial charge in [0.1, 0.15) is 0 Å². The van der Waals surface area contributed by atoms with E-state index >= 15 is 0 Å².